The first-order chi connectivity index (χ1) is 6.93. The molecule has 3 nitrogen and oxygen atoms in total. The number of rotatable bonds is 1. The Labute approximate surface area is 103 Å². The first-order valence-electron chi connectivity index (χ1n) is 4.48. The minimum absolute atomic E-state index is 0. The SMILES string of the molecule is [Cu+].[c-]1c(C2OCCS2)ccc2c1OCO2. The van der Waals surface area contributed by atoms with E-state index in [1.165, 1.54) is 0 Å². The molecule has 3 rings (SSSR count). The van der Waals surface area contributed by atoms with Crippen LogP contribution in [0.25, 0.3) is 0 Å². The Kier molecular flexibility index (Phi) is 3.46. The van der Waals surface area contributed by atoms with Crippen molar-refractivity contribution < 1.29 is 31.3 Å². The van der Waals surface area contributed by atoms with Gasteiger partial charge in [0.15, 0.2) is 0 Å². The number of benzene rings is 1. The molecule has 2 aliphatic rings. The van der Waals surface area contributed by atoms with Gasteiger partial charge in [0, 0.05) is 5.75 Å². The van der Waals surface area contributed by atoms with Gasteiger partial charge in [-0.05, 0) is 0 Å². The van der Waals surface area contributed by atoms with Gasteiger partial charge in [-0.25, -0.2) is 0 Å². The second kappa shape index (κ2) is 4.66. The molecule has 2 aliphatic heterocycles. The summed E-state index contributed by atoms with van der Waals surface area (Å²) in [7, 11) is 0. The van der Waals surface area contributed by atoms with Gasteiger partial charge in [-0.15, -0.1) is 29.5 Å². The molecule has 1 aromatic rings. The van der Waals surface area contributed by atoms with Gasteiger partial charge in [-0.3, -0.25) is 0 Å². The van der Waals surface area contributed by atoms with E-state index in [0.717, 1.165) is 23.7 Å². The Hall–Kier alpha value is -0.351. The molecule has 1 saturated heterocycles. The van der Waals surface area contributed by atoms with Crippen molar-refractivity contribution in [3.05, 3.63) is 23.8 Å². The molecule has 0 radical (unpaired) electrons. The Balaban J connectivity index is 0.000000853. The molecule has 0 N–H and O–H groups in total. The van der Waals surface area contributed by atoms with Crippen LogP contribution in [0.5, 0.6) is 11.5 Å². The van der Waals surface area contributed by atoms with Crippen LogP contribution < -0.4 is 9.47 Å². The van der Waals surface area contributed by atoms with Gasteiger partial charge in [0.2, 0.25) is 6.79 Å². The summed E-state index contributed by atoms with van der Waals surface area (Å²) in [6.45, 7) is 1.12. The molecule has 0 aromatic heterocycles. The summed E-state index contributed by atoms with van der Waals surface area (Å²) < 4.78 is 16.0. The number of fused-ring (bicyclic) bond motifs is 1. The predicted molar refractivity (Wildman–Crippen MR) is 52.6 cm³/mol. The molecule has 0 saturated carbocycles. The summed E-state index contributed by atoms with van der Waals surface area (Å²) in [6, 6.07) is 7.07. The van der Waals surface area contributed by atoms with E-state index in [9.17, 15) is 0 Å². The van der Waals surface area contributed by atoms with E-state index in [1.807, 2.05) is 12.1 Å². The smallest absolute Gasteiger partial charge is 0.516 e. The van der Waals surface area contributed by atoms with E-state index in [4.69, 9.17) is 14.2 Å². The third kappa shape index (κ3) is 2.11. The zero-order valence-electron chi connectivity index (χ0n) is 7.79. The van der Waals surface area contributed by atoms with Crippen molar-refractivity contribution in [1.82, 2.24) is 0 Å². The van der Waals surface area contributed by atoms with E-state index in [2.05, 4.69) is 6.07 Å². The predicted octanol–water partition coefficient (Wildman–Crippen LogP) is 1.97. The van der Waals surface area contributed by atoms with Gasteiger partial charge in [-0.1, -0.05) is 0 Å². The molecule has 1 unspecified atom stereocenters. The normalized spacial score (nSPS) is 22.5. The largest absolute Gasteiger partial charge is 1.00 e. The van der Waals surface area contributed by atoms with E-state index >= 15 is 0 Å². The Morgan fingerprint density at radius 2 is 2.27 bits per heavy atom. The second-order valence-corrected chi connectivity index (χ2v) is 4.26. The molecule has 0 spiro atoms. The molecule has 15 heavy (non-hydrogen) atoms. The zero-order valence-corrected chi connectivity index (χ0v) is 9.55. The van der Waals surface area contributed by atoms with Crippen LogP contribution in [0.2, 0.25) is 0 Å². The molecule has 2 heterocycles. The first kappa shape index (κ1) is 11.1. The van der Waals surface area contributed by atoms with Gasteiger partial charge >= 0.3 is 17.1 Å². The van der Waals surface area contributed by atoms with Crippen LogP contribution in [0.3, 0.4) is 0 Å². The maximum absolute atomic E-state index is 5.53. The van der Waals surface area contributed by atoms with Crippen molar-refractivity contribution in [3.8, 4) is 11.5 Å². The number of ether oxygens (including phenoxy) is 3. The molecule has 84 valence electrons. The fourth-order valence-corrected chi connectivity index (χ4v) is 2.44. The first-order valence-corrected chi connectivity index (χ1v) is 5.53. The molecule has 5 heteroatoms. The van der Waals surface area contributed by atoms with E-state index in [1.54, 1.807) is 11.8 Å². The summed E-state index contributed by atoms with van der Waals surface area (Å²) in [5.41, 5.74) is 1.15. The maximum Gasteiger partial charge on any atom is 1.00 e. The van der Waals surface area contributed by atoms with Crippen LogP contribution in [0.1, 0.15) is 11.0 Å². The van der Waals surface area contributed by atoms with E-state index in [-0.39, 0.29) is 22.5 Å². The molecular weight excluding hydrogens is 264 g/mol. The van der Waals surface area contributed by atoms with Gasteiger partial charge in [0.25, 0.3) is 0 Å². The van der Waals surface area contributed by atoms with Crippen LogP contribution in [0, 0.1) is 6.07 Å². The molecule has 0 bridgehead atoms. The standard InChI is InChI=1S/C10H9O3S.Cu/c1-2-8-9(13-6-12-8)5-7(1)10-11-3-4-14-10;/h1-2,10H,3-4,6H2;/q-1;+1. The molecule has 1 aromatic carbocycles. The minimum Gasteiger partial charge on any atom is -0.516 e. The third-order valence-electron chi connectivity index (χ3n) is 2.19. The van der Waals surface area contributed by atoms with Crippen molar-refractivity contribution in [2.24, 2.45) is 0 Å². The van der Waals surface area contributed by atoms with E-state index < -0.39 is 0 Å². The third-order valence-corrected chi connectivity index (χ3v) is 3.28. The van der Waals surface area contributed by atoms with Crippen LogP contribution in [0.15, 0.2) is 12.1 Å². The van der Waals surface area contributed by atoms with Crippen LogP contribution in [-0.2, 0) is 21.8 Å². The van der Waals surface area contributed by atoms with E-state index in [0.29, 0.717) is 12.5 Å². The Bertz CT molecular complexity index is 353. The molecule has 1 fully saturated rings. The molecule has 0 aliphatic carbocycles. The summed E-state index contributed by atoms with van der Waals surface area (Å²) >= 11 is 1.79. The number of hydrogen-bond acceptors (Lipinski definition) is 4. The van der Waals surface area contributed by atoms with Crippen LogP contribution >= 0.6 is 11.8 Å². The quantitative estimate of drug-likeness (QED) is 0.577. The molecular formula is C10H9CuO3S. The maximum atomic E-state index is 5.53. The number of thioether (sulfide) groups is 1. The van der Waals surface area contributed by atoms with Gasteiger partial charge < -0.3 is 14.2 Å². The summed E-state index contributed by atoms with van der Waals surface area (Å²) in [4.78, 5) is 0. The van der Waals surface area contributed by atoms with Crippen molar-refractivity contribution >= 4 is 11.8 Å². The van der Waals surface area contributed by atoms with Crippen molar-refractivity contribution in [3.63, 3.8) is 0 Å². The monoisotopic (exact) mass is 272 g/mol. The second-order valence-electron chi connectivity index (χ2n) is 3.09. The van der Waals surface area contributed by atoms with Crippen molar-refractivity contribution in [2.75, 3.05) is 19.2 Å². The van der Waals surface area contributed by atoms with Crippen molar-refractivity contribution in [2.45, 2.75) is 5.44 Å². The Morgan fingerprint density at radius 3 is 3.07 bits per heavy atom. The molecule has 0 amide bonds. The topological polar surface area (TPSA) is 27.7 Å². The summed E-state index contributed by atoms with van der Waals surface area (Å²) in [5.74, 6) is 2.53. The fraction of sp³-hybridized carbons (Fsp3) is 0.400. The fourth-order valence-electron chi connectivity index (χ4n) is 1.52. The Morgan fingerprint density at radius 1 is 1.33 bits per heavy atom. The van der Waals surface area contributed by atoms with Crippen LogP contribution in [-0.4, -0.2) is 19.2 Å². The van der Waals surface area contributed by atoms with Crippen LogP contribution in [0.4, 0.5) is 0 Å². The average Bonchev–Trinajstić information content (AvgIpc) is 2.88. The van der Waals surface area contributed by atoms with Crippen molar-refractivity contribution in [1.29, 1.82) is 0 Å². The zero-order chi connectivity index (χ0) is 9.38. The average molecular weight is 273 g/mol. The minimum atomic E-state index is 0. The summed E-state index contributed by atoms with van der Waals surface area (Å²) in [5, 5.41) is 0. The van der Waals surface area contributed by atoms with Gasteiger partial charge in [-0.2, -0.15) is 6.07 Å². The summed E-state index contributed by atoms with van der Waals surface area (Å²) in [6.07, 6.45) is 0. The molecule has 1 atom stereocenters. The van der Waals surface area contributed by atoms with Gasteiger partial charge in [0.05, 0.1) is 18.1 Å². The van der Waals surface area contributed by atoms with Gasteiger partial charge in [0.1, 0.15) is 5.44 Å². The number of hydrogen-bond donors (Lipinski definition) is 0.